The minimum Gasteiger partial charge on any atom is -0.507 e. The molecule has 0 fully saturated rings. The molecule has 0 aromatic heterocycles. The van der Waals surface area contributed by atoms with Gasteiger partial charge in [0.15, 0.2) is 0 Å². The molecule has 0 aliphatic carbocycles. The molecule has 0 radical (unpaired) electrons. The van der Waals surface area contributed by atoms with Gasteiger partial charge in [-0.05, 0) is 37.6 Å². The standard InChI is InChI=1S/C14H20F3NO/c1-4-10(3)18(5-2)9-11-6-7-13(19)12(8-11)14(15,16)17/h6-8,10,19H,4-5,9H2,1-3H3. The van der Waals surface area contributed by atoms with E-state index in [0.717, 1.165) is 25.1 Å². The van der Waals surface area contributed by atoms with Crippen LogP contribution >= 0.6 is 0 Å². The summed E-state index contributed by atoms with van der Waals surface area (Å²) in [5.74, 6) is -0.720. The van der Waals surface area contributed by atoms with Gasteiger partial charge in [-0.15, -0.1) is 0 Å². The fourth-order valence-corrected chi connectivity index (χ4v) is 1.98. The zero-order chi connectivity index (χ0) is 14.6. The predicted octanol–water partition coefficient (Wildman–Crippen LogP) is 4.03. The van der Waals surface area contributed by atoms with E-state index in [1.54, 1.807) is 0 Å². The number of benzene rings is 1. The van der Waals surface area contributed by atoms with E-state index in [1.165, 1.54) is 6.07 Å². The third kappa shape index (κ3) is 4.13. The molecule has 5 heteroatoms. The second-order valence-electron chi connectivity index (χ2n) is 4.67. The van der Waals surface area contributed by atoms with Crippen LogP contribution < -0.4 is 0 Å². The smallest absolute Gasteiger partial charge is 0.419 e. The van der Waals surface area contributed by atoms with Gasteiger partial charge in [0.1, 0.15) is 5.75 Å². The van der Waals surface area contributed by atoms with Crippen LogP contribution in [-0.2, 0) is 12.7 Å². The van der Waals surface area contributed by atoms with Crippen LogP contribution in [0.3, 0.4) is 0 Å². The molecule has 1 aromatic rings. The molecule has 0 bridgehead atoms. The molecule has 0 saturated carbocycles. The fourth-order valence-electron chi connectivity index (χ4n) is 1.98. The summed E-state index contributed by atoms with van der Waals surface area (Å²) in [4.78, 5) is 2.10. The van der Waals surface area contributed by atoms with Crippen molar-refractivity contribution in [2.75, 3.05) is 6.54 Å². The third-order valence-electron chi connectivity index (χ3n) is 3.37. The van der Waals surface area contributed by atoms with Crippen LogP contribution in [0.15, 0.2) is 18.2 Å². The van der Waals surface area contributed by atoms with Crippen molar-refractivity contribution >= 4 is 0 Å². The van der Waals surface area contributed by atoms with Crippen molar-refractivity contribution in [3.63, 3.8) is 0 Å². The van der Waals surface area contributed by atoms with Crippen LogP contribution in [-0.4, -0.2) is 22.6 Å². The largest absolute Gasteiger partial charge is 0.507 e. The molecule has 0 spiro atoms. The number of alkyl halides is 3. The molecule has 1 rings (SSSR count). The Balaban J connectivity index is 2.96. The van der Waals surface area contributed by atoms with Crippen LogP contribution in [0.5, 0.6) is 5.75 Å². The molecule has 0 aliphatic heterocycles. The van der Waals surface area contributed by atoms with Crippen LogP contribution in [0.25, 0.3) is 0 Å². The van der Waals surface area contributed by atoms with Crippen LogP contribution in [0.1, 0.15) is 38.3 Å². The number of hydrogen-bond acceptors (Lipinski definition) is 2. The normalized spacial score (nSPS) is 13.8. The van der Waals surface area contributed by atoms with E-state index in [2.05, 4.69) is 11.8 Å². The Hall–Kier alpha value is -1.23. The average molecular weight is 275 g/mol. The van der Waals surface area contributed by atoms with Crippen LogP contribution in [0.2, 0.25) is 0 Å². The Morgan fingerprint density at radius 1 is 1.26 bits per heavy atom. The number of aromatic hydroxyl groups is 1. The van der Waals surface area contributed by atoms with Gasteiger partial charge in [-0.2, -0.15) is 13.2 Å². The first kappa shape index (κ1) is 15.8. The summed E-state index contributed by atoms with van der Waals surface area (Å²) in [6.45, 7) is 7.31. The Morgan fingerprint density at radius 3 is 2.37 bits per heavy atom. The Bertz CT molecular complexity index is 418. The van der Waals surface area contributed by atoms with Crippen molar-refractivity contribution in [2.24, 2.45) is 0 Å². The molecular weight excluding hydrogens is 255 g/mol. The number of hydrogen-bond donors (Lipinski definition) is 1. The monoisotopic (exact) mass is 275 g/mol. The van der Waals surface area contributed by atoms with Gasteiger partial charge < -0.3 is 5.11 Å². The Labute approximate surface area is 111 Å². The van der Waals surface area contributed by atoms with Crippen molar-refractivity contribution in [3.05, 3.63) is 29.3 Å². The Kier molecular flexibility index (Phi) is 5.23. The minimum absolute atomic E-state index is 0.313. The lowest BCUT2D eigenvalue weighted by atomic mass is 10.1. The molecule has 1 unspecified atom stereocenters. The molecule has 0 saturated heterocycles. The van der Waals surface area contributed by atoms with E-state index in [-0.39, 0.29) is 0 Å². The highest BCUT2D eigenvalue weighted by Crippen LogP contribution is 2.36. The SMILES string of the molecule is CCC(C)N(CC)Cc1ccc(O)c(C(F)(F)F)c1. The van der Waals surface area contributed by atoms with Crippen molar-refractivity contribution < 1.29 is 18.3 Å². The average Bonchev–Trinajstić information content (AvgIpc) is 2.35. The lowest BCUT2D eigenvalue weighted by molar-refractivity contribution is -0.138. The van der Waals surface area contributed by atoms with Gasteiger partial charge >= 0.3 is 6.18 Å². The molecule has 19 heavy (non-hydrogen) atoms. The number of halogens is 3. The Morgan fingerprint density at radius 2 is 1.89 bits per heavy atom. The van der Waals surface area contributed by atoms with E-state index in [9.17, 15) is 18.3 Å². The molecule has 0 heterocycles. The van der Waals surface area contributed by atoms with E-state index in [4.69, 9.17) is 0 Å². The fraction of sp³-hybridized carbons (Fsp3) is 0.571. The highest BCUT2D eigenvalue weighted by molar-refractivity contribution is 5.38. The molecule has 2 nitrogen and oxygen atoms in total. The van der Waals surface area contributed by atoms with E-state index < -0.39 is 17.5 Å². The summed E-state index contributed by atoms with van der Waals surface area (Å²) in [6.07, 6.45) is -3.58. The molecular formula is C14H20F3NO. The maximum absolute atomic E-state index is 12.7. The van der Waals surface area contributed by atoms with Gasteiger partial charge in [-0.1, -0.05) is 19.9 Å². The quantitative estimate of drug-likeness (QED) is 0.877. The summed E-state index contributed by atoms with van der Waals surface area (Å²) in [5, 5.41) is 9.28. The molecule has 1 N–H and O–H groups in total. The third-order valence-corrected chi connectivity index (χ3v) is 3.37. The predicted molar refractivity (Wildman–Crippen MR) is 68.9 cm³/mol. The van der Waals surface area contributed by atoms with Crippen molar-refractivity contribution in [2.45, 2.75) is 46.0 Å². The van der Waals surface area contributed by atoms with Crippen LogP contribution in [0, 0.1) is 0 Å². The summed E-state index contributed by atoms with van der Waals surface area (Å²) >= 11 is 0. The van der Waals surface area contributed by atoms with Gasteiger partial charge in [0.05, 0.1) is 5.56 Å². The lowest BCUT2D eigenvalue weighted by Gasteiger charge is -2.27. The first-order valence-corrected chi connectivity index (χ1v) is 6.42. The van der Waals surface area contributed by atoms with Gasteiger partial charge in [0.2, 0.25) is 0 Å². The van der Waals surface area contributed by atoms with E-state index in [0.29, 0.717) is 18.2 Å². The summed E-state index contributed by atoms with van der Waals surface area (Å²) in [5.41, 5.74) is -0.405. The van der Waals surface area contributed by atoms with Gasteiger partial charge in [-0.3, -0.25) is 4.90 Å². The molecule has 0 aliphatic rings. The molecule has 1 aromatic carbocycles. The second kappa shape index (κ2) is 6.28. The summed E-state index contributed by atoms with van der Waals surface area (Å²) in [7, 11) is 0. The van der Waals surface area contributed by atoms with Gasteiger partial charge in [-0.25, -0.2) is 0 Å². The highest BCUT2D eigenvalue weighted by Gasteiger charge is 2.34. The topological polar surface area (TPSA) is 23.5 Å². The lowest BCUT2D eigenvalue weighted by Crippen LogP contribution is -2.31. The first-order valence-electron chi connectivity index (χ1n) is 6.42. The zero-order valence-electron chi connectivity index (χ0n) is 11.5. The van der Waals surface area contributed by atoms with Crippen molar-refractivity contribution in [1.29, 1.82) is 0 Å². The molecule has 0 amide bonds. The maximum atomic E-state index is 12.7. The summed E-state index contributed by atoms with van der Waals surface area (Å²) in [6, 6.07) is 3.99. The second-order valence-corrected chi connectivity index (χ2v) is 4.67. The number of nitrogens with zero attached hydrogens (tertiary/aromatic N) is 1. The number of phenolic OH excluding ortho intramolecular Hbond substituents is 1. The van der Waals surface area contributed by atoms with Gasteiger partial charge in [0.25, 0.3) is 0 Å². The van der Waals surface area contributed by atoms with Crippen molar-refractivity contribution in [3.8, 4) is 5.75 Å². The minimum atomic E-state index is -4.52. The zero-order valence-corrected chi connectivity index (χ0v) is 11.5. The maximum Gasteiger partial charge on any atom is 0.419 e. The van der Waals surface area contributed by atoms with E-state index >= 15 is 0 Å². The van der Waals surface area contributed by atoms with Gasteiger partial charge in [0, 0.05) is 12.6 Å². The van der Waals surface area contributed by atoms with E-state index in [1.807, 2.05) is 13.8 Å². The van der Waals surface area contributed by atoms with Crippen LogP contribution in [0.4, 0.5) is 13.2 Å². The first-order chi connectivity index (χ1) is 8.79. The molecule has 108 valence electrons. The summed E-state index contributed by atoms with van der Waals surface area (Å²) < 4.78 is 38.1. The number of rotatable bonds is 5. The molecule has 1 atom stereocenters. The van der Waals surface area contributed by atoms with Crippen molar-refractivity contribution in [1.82, 2.24) is 4.90 Å². The highest BCUT2D eigenvalue weighted by atomic mass is 19.4. The number of phenols is 1.